The molecule has 1 aromatic carbocycles. The summed E-state index contributed by atoms with van der Waals surface area (Å²) in [4.78, 5) is 26.9. The van der Waals surface area contributed by atoms with E-state index in [4.69, 9.17) is 5.73 Å². The summed E-state index contributed by atoms with van der Waals surface area (Å²) in [6.07, 6.45) is 3.46. The summed E-state index contributed by atoms with van der Waals surface area (Å²) in [5.41, 5.74) is 12.6. The molecule has 0 aliphatic carbocycles. The predicted molar refractivity (Wildman–Crippen MR) is 127 cm³/mol. The van der Waals surface area contributed by atoms with Crippen molar-refractivity contribution in [2.45, 2.75) is 26.8 Å². The Hall–Kier alpha value is -4.33. The van der Waals surface area contributed by atoms with Crippen LogP contribution in [0.3, 0.4) is 0 Å². The van der Waals surface area contributed by atoms with Gasteiger partial charge in [-0.2, -0.15) is 4.68 Å². The molecule has 0 fully saturated rings. The standard InChI is InChI=1S/C25H23N7O/c1-15-12-20(13-16(2)28-15)21-22(18-8-5-4-6-9-18)29-24(26)31-23(21)30-32(25(31)33)17(3)19-10-7-11-27-14-19/h4-14,17H,1-3H3,(H2,26,28,29,30)/p+1. The Morgan fingerprint density at radius 1 is 1.00 bits per heavy atom. The van der Waals surface area contributed by atoms with Crippen LogP contribution in [0, 0.1) is 13.8 Å². The quantitative estimate of drug-likeness (QED) is 0.419. The molecule has 0 amide bonds. The zero-order chi connectivity index (χ0) is 23.1. The van der Waals surface area contributed by atoms with Crippen LogP contribution in [0.25, 0.3) is 28.0 Å². The van der Waals surface area contributed by atoms with Gasteiger partial charge in [-0.3, -0.25) is 9.97 Å². The van der Waals surface area contributed by atoms with E-state index in [9.17, 15) is 4.79 Å². The van der Waals surface area contributed by atoms with Crippen molar-refractivity contribution < 1.29 is 4.40 Å². The molecule has 0 saturated heterocycles. The minimum Gasteiger partial charge on any atom is -0.319 e. The summed E-state index contributed by atoms with van der Waals surface area (Å²) in [5, 5.41) is 3.32. The highest BCUT2D eigenvalue weighted by atomic mass is 16.2. The van der Waals surface area contributed by atoms with E-state index in [1.807, 2.05) is 75.4 Å². The van der Waals surface area contributed by atoms with Crippen molar-refractivity contribution in [2.24, 2.45) is 0 Å². The van der Waals surface area contributed by atoms with Crippen LogP contribution in [0.1, 0.15) is 29.9 Å². The molecule has 5 aromatic rings. The largest absolute Gasteiger partial charge is 0.428 e. The molecule has 33 heavy (non-hydrogen) atoms. The fourth-order valence-electron chi connectivity index (χ4n) is 4.22. The summed E-state index contributed by atoms with van der Waals surface area (Å²) in [6.45, 7) is 5.84. The summed E-state index contributed by atoms with van der Waals surface area (Å²) in [5.74, 6) is 0.119. The van der Waals surface area contributed by atoms with Crippen molar-refractivity contribution in [1.29, 1.82) is 0 Å². The van der Waals surface area contributed by atoms with E-state index in [0.717, 1.165) is 33.6 Å². The van der Waals surface area contributed by atoms with E-state index in [1.54, 1.807) is 17.1 Å². The van der Waals surface area contributed by atoms with E-state index in [2.05, 4.69) is 20.1 Å². The highest BCUT2D eigenvalue weighted by Crippen LogP contribution is 2.33. The van der Waals surface area contributed by atoms with Gasteiger partial charge in [-0.15, -0.1) is 9.38 Å². The smallest absolute Gasteiger partial charge is 0.319 e. The van der Waals surface area contributed by atoms with Crippen LogP contribution in [0.15, 0.2) is 71.8 Å². The van der Waals surface area contributed by atoms with Crippen LogP contribution < -0.4 is 15.8 Å². The Balaban J connectivity index is 1.86. The molecule has 4 heterocycles. The van der Waals surface area contributed by atoms with Crippen molar-refractivity contribution in [3.05, 3.63) is 94.4 Å². The normalized spacial score (nSPS) is 12.2. The average Bonchev–Trinajstić information content (AvgIpc) is 3.16. The SMILES string of the molecule is Cc1cc(-c2c(-c3ccccc3)nc(N)[n+]3c(=O)n(C(C)c4cccnc4)[nH]c23)cc(C)n1. The minimum atomic E-state index is -0.297. The lowest BCUT2D eigenvalue weighted by Gasteiger charge is -2.10. The number of aromatic amines is 1. The number of benzene rings is 1. The van der Waals surface area contributed by atoms with Gasteiger partial charge in [-0.25, -0.2) is 9.89 Å². The lowest BCUT2D eigenvalue weighted by atomic mass is 9.99. The van der Waals surface area contributed by atoms with Gasteiger partial charge in [0.2, 0.25) is 5.65 Å². The van der Waals surface area contributed by atoms with E-state index in [1.165, 1.54) is 4.40 Å². The summed E-state index contributed by atoms with van der Waals surface area (Å²) in [7, 11) is 0. The molecule has 8 heteroatoms. The van der Waals surface area contributed by atoms with Gasteiger partial charge in [0.15, 0.2) is 0 Å². The Bertz CT molecular complexity index is 1500. The van der Waals surface area contributed by atoms with Gasteiger partial charge in [0.1, 0.15) is 11.7 Å². The maximum atomic E-state index is 13.5. The molecule has 0 radical (unpaired) electrons. The van der Waals surface area contributed by atoms with Crippen LogP contribution in [-0.4, -0.2) is 24.7 Å². The second-order valence-corrected chi connectivity index (χ2v) is 8.11. The third-order valence-electron chi connectivity index (χ3n) is 5.75. The first-order valence-electron chi connectivity index (χ1n) is 10.7. The van der Waals surface area contributed by atoms with E-state index in [0.29, 0.717) is 11.3 Å². The van der Waals surface area contributed by atoms with Gasteiger partial charge in [-0.05, 0) is 44.5 Å². The molecule has 0 saturated carbocycles. The Morgan fingerprint density at radius 3 is 2.39 bits per heavy atom. The first kappa shape index (κ1) is 20.6. The number of rotatable bonds is 4. The van der Waals surface area contributed by atoms with Gasteiger partial charge in [-0.1, -0.05) is 36.4 Å². The first-order valence-corrected chi connectivity index (χ1v) is 10.7. The second kappa shape index (κ2) is 7.98. The Morgan fingerprint density at radius 2 is 1.73 bits per heavy atom. The zero-order valence-corrected chi connectivity index (χ0v) is 18.6. The fourth-order valence-corrected chi connectivity index (χ4v) is 4.22. The fraction of sp³-hybridized carbons (Fsp3) is 0.160. The molecule has 1 unspecified atom stereocenters. The van der Waals surface area contributed by atoms with Crippen LogP contribution in [-0.2, 0) is 0 Å². The molecule has 4 aromatic heterocycles. The van der Waals surface area contributed by atoms with Gasteiger partial charge >= 0.3 is 11.6 Å². The number of nitrogen functional groups attached to an aromatic ring is 1. The molecule has 0 spiro atoms. The van der Waals surface area contributed by atoms with Crippen molar-refractivity contribution in [1.82, 2.24) is 24.7 Å². The highest BCUT2D eigenvalue weighted by Gasteiger charge is 2.28. The molecule has 0 aliphatic heterocycles. The van der Waals surface area contributed by atoms with E-state index < -0.39 is 0 Å². The number of nitrogens with one attached hydrogen (secondary N) is 1. The molecule has 0 bridgehead atoms. The van der Waals surface area contributed by atoms with E-state index in [-0.39, 0.29) is 17.7 Å². The van der Waals surface area contributed by atoms with Crippen molar-refractivity contribution in [2.75, 3.05) is 5.73 Å². The van der Waals surface area contributed by atoms with Crippen molar-refractivity contribution in [3.63, 3.8) is 0 Å². The maximum Gasteiger partial charge on any atom is 0.428 e. The lowest BCUT2D eigenvalue weighted by molar-refractivity contribution is -0.516. The monoisotopic (exact) mass is 438 g/mol. The van der Waals surface area contributed by atoms with Gasteiger partial charge in [0.25, 0.3) is 0 Å². The van der Waals surface area contributed by atoms with Gasteiger partial charge < -0.3 is 5.73 Å². The number of pyridine rings is 2. The molecule has 5 rings (SSSR count). The number of anilines is 1. The van der Waals surface area contributed by atoms with Gasteiger partial charge in [0, 0.05) is 34.9 Å². The topological polar surface area (TPSA) is 107 Å². The molecule has 1 atom stereocenters. The lowest BCUT2D eigenvalue weighted by Crippen LogP contribution is -2.45. The molecular formula is C25H24N7O+. The number of fused-ring (bicyclic) bond motifs is 1. The van der Waals surface area contributed by atoms with Crippen LogP contribution in [0.4, 0.5) is 5.95 Å². The highest BCUT2D eigenvalue weighted by molar-refractivity contribution is 5.88. The Labute approximate surface area is 190 Å². The number of aromatic nitrogens is 6. The second-order valence-electron chi connectivity index (χ2n) is 8.11. The van der Waals surface area contributed by atoms with Crippen molar-refractivity contribution in [3.8, 4) is 22.4 Å². The number of hydrogen-bond donors (Lipinski definition) is 2. The first-order chi connectivity index (χ1) is 15.9. The van der Waals surface area contributed by atoms with Crippen LogP contribution in [0.2, 0.25) is 0 Å². The molecule has 164 valence electrons. The summed E-state index contributed by atoms with van der Waals surface area (Å²) < 4.78 is 2.99. The molecule has 3 N–H and O–H groups in total. The number of hydrogen-bond acceptors (Lipinski definition) is 5. The van der Waals surface area contributed by atoms with Crippen molar-refractivity contribution >= 4 is 11.6 Å². The third kappa shape index (κ3) is 3.55. The number of aryl methyl sites for hydroxylation is 2. The van der Waals surface area contributed by atoms with Crippen LogP contribution in [0.5, 0.6) is 0 Å². The number of nitrogens with zero attached hydrogens (tertiary/aromatic N) is 5. The molecule has 8 nitrogen and oxygen atoms in total. The minimum absolute atomic E-state index is 0.119. The van der Waals surface area contributed by atoms with Crippen LogP contribution >= 0.6 is 0 Å². The third-order valence-corrected chi connectivity index (χ3v) is 5.75. The number of nitrogens with two attached hydrogens (primary N) is 1. The van der Waals surface area contributed by atoms with E-state index >= 15 is 0 Å². The van der Waals surface area contributed by atoms with Gasteiger partial charge in [0.05, 0.1) is 5.56 Å². The maximum absolute atomic E-state index is 13.5. The predicted octanol–water partition coefficient (Wildman–Crippen LogP) is 3.24. The number of H-pyrrole nitrogens is 1. The summed E-state index contributed by atoms with van der Waals surface area (Å²) >= 11 is 0. The Kier molecular flexibility index (Phi) is 4.97. The average molecular weight is 439 g/mol. The zero-order valence-electron chi connectivity index (χ0n) is 18.6. The summed E-state index contributed by atoms with van der Waals surface area (Å²) in [6, 6.07) is 17.3. The molecule has 0 aliphatic rings. The molecular weight excluding hydrogens is 414 g/mol.